The van der Waals surface area contributed by atoms with Crippen LogP contribution in [-0.2, 0) is 9.53 Å². The number of methoxy groups -OCH3 is 1. The molecular formula is C27H30N4O5. The molecule has 4 rings (SSSR count). The molecule has 0 radical (unpaired) electrons. The summed E-state index contributed by atoms with van der Waals surface area (Å²) in [6.45, 7) is 4.97. The van der Waals surface area contributed by atoms with Crippen LogP contribution in [0.1, 0.15) is 21.7 Å². The summed E-state index contributed by atoms with van der Waals surface area (Å²) < 4.78 is 12.5. The van der Waals surface area contributed by atoms with Gasteiger partial charge in [-0.25, -0.2) is 9.59 Å². The number of carbonyl (C=O) groups excluding carboxylic acids is 3. The van der Waals surface area contributed by atoms with Gasteiger partial charge in [-0.3, -0.25) is 4.79 Å². The molecule has 2 heterocycles. The van der Waals surface area contributed by atoms with Gasteiger partial charge in [-0.2, -0.15) is 0 Å². The number of para-hydroxylation sites is 1. The average molecular weight is 491 g/mol. The highest BCUT2D eigenvalue weighted by Gasteiger charge is 2.26. The van der Waals surface area contributed by atoms with Crippen molar-refractivity contribution in [2.24, 2.45) is 0 Å². The quantitative estimate of drug-likeness (QED) is 0.533. The Morgan fingerprint density at radius 1 is 0.889 bits per heavy atom. The molecular weight excluding hydrogens is 460 g/mol. The number of hydrogen-bond acceptors (Lipinski definition) is 5. The van der Waals surface area contributed by atoms with Gasteiger partial charge in [0.1, 0.15) is 5.75 Å². The summed E-state index contributed by atoms with van der Waals surface area (Å²) in [5, 5.41) is 2.85. The van der Waals surface area contributed by atoms with Gasteiger partial charge in [0.15, 0.2) is 6.61 Å². The SMILES string of the molecule is COc1ccc(-n2c(C)cc(C(=O)OCC(=O)N3CCN(C(=O)Nc4ccccc4)CC3)c2C)cc1. The Bertz CT molecular complexity index is 1230. The molecule has 0 unspecified atom stereocenters. The third-order valence-electron chi connectivity index (χ3n) is 6.25. The summed E-state index contributed by atoms with van der Waals surface area (Å²) in [4.78, 5) is 41.2. The van der Waals surface area contributed by atoms with Crippen LogP contribution in [0.4, 0.5) is 10.5 Å². The first kappa shape index (κ1) is 24.8. The molecule has 1 aliphatic heterocycles. The number of ether oxygens (including phenoxy) is 2. The molecule has 9 heteroatoms. The van der Waals surface area contributed by atoms with Crippen molar-refractivity contribution < 1.29 is 23.9 Å². The fraction of sp³-hybridized carbons (Fsp3) is 0.296. The molecule has 1 aliphatic rings. The van der Waals surface area contributed by atoms with Gasteiger partial charge >= 0.3 is 12.0 Å². The molecule has 9 nitrogen and oxygen atoms in total. The summed E-state index contributed by atoms with van der Waals surface area (Å²) in [7, 11) is 1.61. The molecule has 1 N–H and O–H groups in total. The molecule has 188 valence electrons. The number of anilines is 1. The van der Waals surface area contributed by atoms with E-state index in [9.17, 15) is 14.4 Å². The first-order valence-corrected chi connectivity index (χ1v) is 11.8. The summed E-state index contributed by atoms with van der Waals surface area (Å²) in [5.41, 5.74) is 3.64. The Balaban J connectivity index is 1.29. The Kier molecular flexibility index (Phi) is 7.58. The molecule has 1 fully saturated rings. The zero-order valence-electron chi connectivity index (χ0n) is 20.7. The number of nitrogens with zero attached hydrogens (tertiary/aromatic N) is 3. The largest absolute Gasteiger partial charge is 0.497 e. The monoisotopic (exact) mass is 490 g/mol. The number of piperazine rings is 1. The van der Waals surface area contributed by atoms with Gasteiger partial charge in [-0.1, -0.05) is 18.2 Å². The Morgan fingerprint density at radius 3 is 2.17 bits per heavy atom. The molecule has 0 saturated carbocycles. The number of urea groups is 1. The minimum atomic E-state index is -0.544. The van der Waals surface area contributed by atoms with Crippen molar-refractivity contribution in [2.75, 3.05) is 45.2 Å². The summed E-state index contributed by atoms with van der Waals surface area (Å²) >= 11 is 0. The van der Waals surface area contributed by atoms with Gasteiger partial charge in [0.25, 0.3) is 5.91 Å². The second kappa shape index (κ2) is 11.0. The molecule has 0 spiro atoms. The third kappa shape index (κ3) is 5.51. The predicted molar refractivity (Wildman–Crippen MR) is 136 cm³/mol. The van der Waals surface area contributed by atoms with Gasteiger partial charge in [0, 0.05) is 48.9 Å². The minimum Gasteiger partial charge on any atom is -0.497 e. The summed E-state index contributed by atoms with van der Waals surface area (Å²) in [6, 6.07) is 18.3. The Morgan fingerprint density at radius 2 is 1.53 bits per heavy atom. The highest BCUT2D eigenvalue weighted by atomic mass is 16.5. The zero-order chi connectivity index (χ0) is 25.7. The third-order valence-corrected chi connectivity index (χ3v) is 6.25. The number of amides is 3. The molecule has 0 atom stereocenters. The van der Waals surface area contributed by atoms with Crippen LogP contribution in [0.5, 0.6) is 5.75 Å². The zero-order valence-corrected chi connectivity index (χ0v) is 20.7. The average Bonchev–Trinajstić information content (AvgIpc) is 3.21. The van der Waals surface area contributed by atoms with Crippen LogP contribution < -0.4 is 10.1 Å². The van der Waals surface area contributed by atoms with Crippen LogP contribution in [0, 0.1) is 13.8 Å². The lowest BCUT2D eigenvalue weighted by Crippen LogP contribution is -2.52. The lowest BCUT2D eigenvalue weighted by molar-refractivity contribution is -0.135. The van der Waals surface area contributed by atoms with Crippen LogP contribution in [0.3, 0.4) is 0 Å². The summed E-state index contributed by atoms with van der Waals surface area (Å²) in [5.74, 6) is -0.0791. The standard InChI is InChI=1S/C27H30N4O5/c1-19-17-24(20(2)31(19)22-9-11-23(35-3)12-10-22)26(33)36-18-25(32)29-13-15-30(16-14-29)27(34)28-21-7-5-4-6-8-21/h4-12,17H,13-16,18H2,1-3H3,(H,28,34). The van der Waals surface area contributed by atoms with Crippen molar-refractivity contribution in [1.29, 1.82) is 0 Å². The van der Waals surface area contributed by atoms with E-state index in [0.717, 1.165) is 28.5 Å². The number of rotatable bonds is 6. The van der Waals surface area contributed by atoms with E-state index < -0.39 is 5.97 Å². The van der Waals surface area contributed by atoms with Crippen LogP contribution in [-0.4, -0.2) is 72.2 Å². The van der Waals surface area contributed by atoms with Crippen molar-refractivity contribution in [2.45, 2.75) is 13.8 Å². The van der Waals surface area contributed by atoms with Crippen LogP contribution >= 0.6 is 0 Å². The topological polar surface area (TPSA) is 93.1 Å². The predicted octanol–water partition coefficient (Wildman–Crippen LogP) is 3.64. The number of aromatic nitrogens is 1. The van der Waals surface area contributed by atoms with Crippen molar-refractivity contribution in [3.05, 3.63) is 77.6 Å². The fourth-order valence-electron chi connectivity index (χ4n) is 4.28. The number of esters is 1. The van der Waals surface area contributed by atoms with Crippen molar-refractivity contribution >= 4 is 23.6 Å². The number of nitrogens with one attached hydrogen (secondary N) is 1. The number of carbonyl (C=O) groups is 3. The van der Waals surface area contributed by atoms with E-state index in [1.807, 2.05) is 73.0 Å². The van der Waals surface area contributed by atoms with Crippen LogP contribution in [0.2, 0.25) is 0 Å². The summed E-state index contributed by atoms with van der Waals surface area (Å²) in [6.07, 6.45) is 0. The van der Waals surface area contributed by atoms with Crippen LogP contribution in [0.25, 0.3) is 5.69 Å². The van der Waals surface area contributed by atoms with Crippen molar-refractivity contribution in [3.63, 3.8) is 0 Å². The first-order chi connectivity index (χ1) is 17.4. The maximum atomic E-state index is 12.8. The second-order valence-electron chi connectivity index (χ2n) is 8.56. The van der Waals surface area contributed by atoms with E-state index in [0.29, 0.717) is 31.7 Å². The minimum absolute atomic E-state index is 0.202. The molecule has 36 heavy (non-hydrogen) atoms. The van der Waals surface area contributed by atoms with Gasteiger partial charge < -0.3 is 29.2 Å². The molecule has 2 aromatic carbocycles. The second-order valence-corrected chi connectivity index (χ2v) is 8.56. The maximum Gasteiger partial charge on any atom is 0.340 e. The highest BCUT2D eigenvalue weighted by Crippen LogP contribution is 2.23. The lowest BCUT2D eigenvalue weighted by Gasteiger charge is -2.34. The van der Waals surface area contributed by atoms with E-state index in [1.54, 1.807) is 23.0 Å². The number of hydrogen-bond donors (Lipinski definition) is 1. The Labute approximate surface area is 210 Å². The molecule has 1 aromatic heterocycles. The number of aryl methyl sites for hydroxylation is 1. The molecule has 0 aliphatic carbocycles. The molecule has 3 aromatic rings. The van der Waals surface area contributed by atoms with E-state index in [2.05, 4.69) is 5.32 Å². The molecule has 1 saturated heterocycles. The van der Waals surface area contributed by atoms with Gasteiger partial charge in [-0.05, 0) is 56.3 Å². The van der Waals surface area contributed by atoms with Gasteiger partial charge in [0.05, 0.1) is 12.7 Å². The van der Waals surface area contributed by atoms with Gasteiger partial charge in [0.2, 0.25) is 0 Å². The lowest BCUT2D eigenvalue weighted by atomic mass is 10.2. The van der Waals surface area contributed by atoms with Gasteiger partial charge in [-0.15, -0.1) is 0 Å². The highest BCUT2D eigenvalue weighted by molar-refractivity contribution is 5.93. The van der Waals surface area contributed by atoms with E-state index in [1.165, 1.54) is 0 Å². The normalized spacial score (nSPS) is 13.3. The molecule has 3 amide bonds. The number of benzene rings is 2. The van der Waals surface area contributed by atoms with E-state index >= 15 is 0 Å². The van der Waals surface area contributed by atoms with Crippen LogP contribution in [0.15, 0.2) is 60.7 Å². The molecule has 0 bridgehead atoms. The van der Waals surface area contributed by atoms with E-state index in [-0.39, 0.29) is 18.5 Å². The fourth-order valence-corrected chi connectivity index (χ4v) is 4.28. The maximum absolute atomic E-state index is 12.8. The van der Waals surface area contributed by atoms with E-state index in [4.69, 9.17) is 9.47 Å². The van der Waals surface area contributed by atoms with Crippen molar-refractivity contribution in [3.8, 4) is 11.4 Å². The first-order valence-electron chi connectivity index (χ1n) is 11.8. The Hall–Kier alpha value is -4.27. The van der Waals surface area contributed by atoms with Crippen molar-refractivity contribution in [1.82, 2.24) is 14.4 Å². The smallest absolute Gasteiger partial charge is 0.340 e.